The Hall–Kier alpha value is -1.40. The molecule has 1 saturated heterocycles. The van der Waals surface area contributed by atoms with E-state index in [9.17, 15) is 0 Å². The number of hydrogen-bond acceptors (Lipinski definition) is 4. The van der Waals surface area contributed by atoms with Gasteiger partial charge in [0.05, 0.1) is 6.54 Å². The zero-order valence-corrected chi connectivity index (χ0v) is 18.0. The largest absolute Gasteiger partial charge is 0.381 e. The molecule has 0 bridgehead atoms. The number of thioether (sulfide) groups is 1. The molecule has 152 valence electrons. The maximum Gasteiger partial charge on any atom is 0.191 e. The molecule has 1 aliphatic rings. The van der Waals surface area contributed by atoms with E-state index in [2.05, 4.69) is 60.6 Å². The molecule has 2 N–H and O–H groups in total. The minimum Gasteiger partial charge on any atom is -0.381 e. The summed E-state index contributed by atoms with van der Waals surface area (Å²) in [6.07, 6.45) is 0.986. The molecule has 27 heavy (non-hydrogen) atoms. The molecule has 2 rings (SSSR count). The van der Waals surface area contributed by atoms with Crippen LogP contribution in [0.25, 0.3) is 0 Å². The van der Waals surface area contributed by atoms with E-state index in [4.69, 9.17) is 9.73 Å². The number of hydrogen-bond donors (Lipinski definition) is 2. The van der Waals surface area contributed by atoms with Crippen LogP contribution < -0.4 is 15.5 Å². The number of aliphatic imine (C=N–C) groups is 1. The summed E-state index contributed by atoms with van der Waals surface area (Å²) < 4.78 is 5.62. The molecule has 0 unspecified atom stereocenters. The predicted molar refractivity (Wildman–Crippen MR) is 119 cm³/mol. The number of benzene rings is 1. The number of anilines is 1. The van der Waals surface area contributed by atoms with Crippen molar-refractivity contribution in [2.75, 3.05) is 55.8 Å². The fourth-order valence-electron chi connectivity index (χ4n) is 2.85. The average Bonchev–Trinajstić information content (AvgIpc) is 2.69. The van der Waals surface area contributed by atoms with Gasteiger partial charge in [0.15, 0.2) is 5.96 Å². The monoisotopic (exact) mass is 392 g/mol. The van der Waals surface area contributed by atoms with Gasteiger partial charge in [-0.05, 0) is 37.0 Å². The molecule has 1 aliphatic heterocycles. The van der Waals surface area contributed by atoms with Crippen molar-refractivity contribution in [1.82, 2.24) is 10.6 Å². The first-order valence-electron chi connectivity index (χ1n) is 10.2. The van der Waals surface area contributed by atoms with Crippen molar-refractivity contribution in [3.05, 3.63) is 29.8 Å². The molecular weight excluding hydrogens is 356 g/mol. The highest BCUT2D eigenvalue weighted by molar-refractivity contribution is 7.99. The summed E-state index contributed by atoms with van der Waals surface area (Å²) in [6.45, 7) is 12.8. The summed E-state index contributed by atoms with van der Waals surface area (Å²) in [7, 11) is 0. The minimum absolute atomic E-state index is 0.594. The molecule has 1 fully saturated rings. The number of nitrogens with zero attached hydrogens (tertiary/aromatic N) is 2. The van der Waals surface area contributed by atoms with Crippen LogP contribution in [-0.2, 0) is 11.3 Å². The van der Waals surface area contributed by atoms with Gasteiger partial charge in [0.25, 0.3) is 0 Å². The third-order valence-electron chi connectivity index (χ3n) is 4.29. The van der Waals surface area contributed by atoms with Crippen LogP contribution in [0, 0.1) is 5.92 Å². The fourth-order valence-corrected chi connectivity index (χ4v) is 3.75. The molecule has 5 nitrogen and oxygen atoms in total. The zero-order valence-electron chi connectivity index (χ0n) is 17.2. The summed E-state index contributed by atoms with van der Waals surface area (Å²) >= 11 is 2.04. The van der Waals surface area contributed by atoms with Crippen molar-refractivity contribution in [1.29, 1.82) is 0 Å². The van der Waals surface area contributed by atoms with E-state index in [0.29, 0.717) is 12.5 Å². The second-order valence-corrected chi connectivity index (χ2v) is 8.43. The summed E-state index contributed by atoms with van der Waals surface area (Å²) in [5, 5.41) is 6.70. The van der Waals surface area contributed by atoms with Gasteiger partial charge in [-0.15, -0.1) is 0 Å². The van der Waals surface area contributed by atoms with E-state index in [-0.39, 0.29) is 0 Å². The Kier molecular flexibility index (Phi) is 10.5. The van der Waals surface area contributed by atoms with Gasteiger partial charge in [0, 0.05) is 56.6 Å². The Morgan fingerprint density at radius 1 is 1.19 bits per heavy atom. The van der Waals surface area contributed by atoms with Gasteiger partial charge < -0.3 is 20.3 Å². The molecule has 1 heterocycles. The Morgan fingerprint density at radius 2 is 1.93 bits per heavy atom. The molecule has 0 aliphatic carbocycles. The predicted octanol–water partition coefficient (Wildman–Crippen LogP) is 3.36. The molecule has 1 aromatic carbocycles. The van der Waals surface area contributed by atoms with E-state index in [0.717, 1.165) is 51.8 Å². The third kappa shape index (κ3) is 8.89. The van der Waals surface area contributed by atoms with Crippen LogP contribution in [0.2, 0.25) is 0 Å². The van der Waals surface area contributed by atoms with E-state index < -0.39 is 0 Å². The zero-order chi connectivity index (χ0) is 19.3. The van der Waals surface area contributed by atoms with E-state index in [1.807, 2.05) is 11.8 Å². The van der Waals surface area contributed by atoms with Crippen molar-refractivity contribution >= 4 is 23.4 Å². The first-order valence-corrected chi connectivity index (χ1v) is 11.4. The first-order chi connectivity index (χ1) is 13.2. The fraction of sp³-hybridized carbons (Fsp3) is 0.667. The number of guanidine groups is 1. The highest BCUT2D eigenvalue weighted by atomic mass is 32.2. The van der Waals surface area contributed by atoms with Gasteiger partial charge >= 0.3 is 0 Å². The lowest BCUT2D eigenvalue weighted by Gasteiger charge is -2.28. The van der Waals surface area contributed by atoms with Gasteiger partial charge in [-0.1, -0.05) is 26.0 Å². The standard InChI is InChI=1S/C21H36N4OS/c1-4-22-21(23-10-5-13-26-17-18(2)3)24-16-19-6-8-20(9-7-19)25-11-14-27-15-12-25/h6-9,18H,4-5,10-17H2,1-3H3,(H2,22,23,24). The summed E-state index contributed by atoms with van der Waals surface area (Å²) in [4.78, 5) is 7.18. The smallest absolute Gasteiger partial charge is 0.191 e. The van der Waals surface area contributed by atoms with Gasteiger partial charge in [-0.3, -0.25) is 0 Å². The van der Waals surface area contributed by atoms with E-state index in [1.165, 1.54) is 22.8 Å². The Balaban J connectivity index is 1.75. The Morgan fingerprint density at radius 3 is 2.59 bits per heavy atom. The molecule has 0 saturated carbocycles. The lowest BCUT2D eigenvalue weighted by atomic mass is 10.2. The summed E-state index contributed by atoms with van der Waals surface area (Å²) in [6, 6.07) is 8.86. The van der Waals surface area contributed by atoms with Crippen LogP contribution in [0.5, 0.6) is 0 Å². The molecule has 1 aromatic rings. The molecule has 0 amide bonds. The molecule has 6 heteroatoms. The molecule has 0 atom stereocenters. The van der Waals surface area contributed by atoms with Crippen LogP contribution in [0.3, 0.4) is 0 Å². The highest BCUT2D eigenvalue weighted by Gasteiger charge is 2.10. The van der Waals surface area contributed by atoms with Gasteiger partial charge in [0.2, 0.25) is 0 Å². The van der Waals surface area contributed by atoms with Gasteiger partial charge in [-0.2, -0.15) is 11.8 Å². The second kappa shape index (κ2) is 12.9. The van der Waals surface area contributed by atoms with Crippen molar-refractivity contribution in [3.63, 3.8) is 0 Å². The van der Waals surface area contributed by atoms with Crippen LogP contribution in [0.4, 0.5) is 5.69 Å². The van der Waals surface area contributed by atoms with Crippen LogP contribution in [0.15, 0.2) is 29.3 Å². The van der Waals surface area contributed by atoms with Gasteiger partial charge in [-0.25, -0.2) is 4.99 Å². The molecule has 0 spiro atoms. The van der Waals surface area contributed by atoms with Crippen LogP contribution in [-0.4, -0.2) is 56.9 Å². The van der Waals surface area contributed by atoms with Crippen molar-refractivity contribution < 1.29 is 4.74 Å². The SMILES string of the molecule is CCNC(=NCc1ccc(N2CCSCC2)cc1)NCCCOCC(C)C. The van der Waals surface area contributed by atoms with E-state index in [1.54, 1.807) is 0 Å². The lowest BCUT2D eigenvalue weighted by Crippen LogP contribution is -2.38. The summed E-state index contributed by atoms with van der Waals surface area (Å²) in [5.41, 5.74) is 2.57. The lowest BCUT2D eigenvalue weighted by molar-refractivity contribution is 0.108. The number of ether oxygens (including phenoxy) is 1. The second-order valence-electron chi connectivity index (χ2n) is 7.21. The van der Waals surface area contributed by atoms with Crippen LogP contribution >= 0.6 is 11.8 Å². The maximum atomic E-state index is 5.62. The summed E-state index contributed by atoms with van der Waals surface area (Å²) in [5.74, 6) is 3.92. The average molecular weight is 393 g/mol. The first kappa shape index (κ1) is 21.9. The minimum atomic E-state index is 0.594. The van der Waals surface area contributed by atoms with Crippen molar-refractivity contribution in [3.8, 4) is 0 Å². The van der Waals surface area contributed by atoms with Crippen molar-refractivity contribution in [2.24, 2.45) is 10.9 Å². The molecule has 0 radical (unpaired) electrons. The quantitative estimate of drug-likeness (QED) is 0.363. The maximum absolute atomic E-state index is 5.62. The normalized spacial score (nSPS) is 15.3. The van der Waals surface area contributed by atoms with Gasteiger partial charge in [0.1, 0.15) is 0 Å². The molecular formula is C21H36N4OS. The Bertz CT molecular complexity index is 542. The number of rotatable bonds is 10. The number of nitrogens with one attached hydrogen (secondary N) is 2. The Labute approximate surface area is 169 Å². The van der Waals surface area contributed by atoms with Crippen LogP contribution in [0.1, 0.15) is 32.8 Å². The topological polar surface area (TPSA) is 48.9 Å². The van der Waals surface area contributed by atoms with E-state index >= 15 is 0 Å². The highest BCUT2D eigenvalue weighted by Crippen LogP contribution is 2.20. The molecule has 0 aromatic heterocycles. The third-order valence-corrected chi connectivity index (χ3v) is 5.23. The van der Waals surface area contributed by atoms with Crippen molar-refractivity contribution in [2.45, 2.75) is 33.7 Å².